The van der Waals surface area contributed by atoms with E-state index in [0.717, 1.165) is 16.8 Å². The molecule has 0 aliphatic carbocycles. The number of halogens is 1. The van der Waals surface area contributed by atoms with Crippen molar-refractivity contribution in [1.82, 2.24) is 14.8 Å². The average Bonchev–Trinajstić information content (AvgIpc) is 3.11. The largest absolute Gasteiger partial charge is 0.351 e. The number of carbonyl (C=O) groups excluding carboxylic acids is 1. The van der Waals surface area contributed by atoms with Gasteiger partial charge in [0.1, 0.15) is 12.1 Å². The van der Waals surface area contributed by atoms with Crippen molar-refractivity contribution in [1.29, 1.82) is 0 Å². The molecule has 2 aromatic carbocycles. The highest BCUT2D eigenvalue weighted by Gasteiger charge is 2.42. The Hall–Kier alpha value is -3.22. The summed E-state index contributed by atoms with van der Waals surface area (Å²) in [5.41, 5.74) is 3.27. The van der Waals surface area contributed by atoms with Crippen molar-refractivity contribution in [2.75, 3.05) is 10.6 Å². The predicted octanol–water partition coefficient (Wildman–Crippen LogP) is 3.69. The average molecular weight is 379 g/mol. The highest BCUT2D eigenvalue weighted by Crippen LogP contribution is 2.37. The van der Waals surface area contributed by atoms with Crippen LogP contribution in [-0.2, 0) is 4.79 Å². The lowest BCUT2D eigenvalue weighted by atomic mass is 9.85. The van der Waals surface area contributed by atoms with Gasteiger partial charge in [0.2, 0.25) is 11.9 Å². The second-order valence-corrected chi connectivity index (χ2v) is 7.26. The molecule has 4 rings (SSSR count). The van der Waals surface area contributed by atoms with Gasteiger partial charge in [0.15, 0.2) is 0 Å². The molecule has 144 valence electrons. The minimum absolute atomic E-state index is 0.193. The molecular weight excluding hydrogens is 357 g/mol. The van der Waals surface area contributed by atoms with Gasteiger partial charge in [-0.3, -0.25) is 4.79 Å². The normalized spacial score (nSPS) is 20.9. The molecule has 0 fully saturated rings. The number of rotatable bonds is 3. The second kappa shape index (κ2) is 7.07. The van der Waals surface area contributed by atoms with Gasteiger partial charge < -0.3 is 10.6 Å². The maximum absolute atomic E-state index is 14.7. The maximum atomic E-state index is 14.7. The van der Waals surface area contributed by atoms with Crippen molar-refractivity contribution in [3.05, 3.63) is 71.3 Å². The second-order valence-electron chi connectivity index (χ2n) is 7.26. The Kier molecular flexibility index (Phi) is 4.58. The van der Waals surface area contributed by atoms with E-state index in [1.54, 1.807) is 22.9 Å². The first-order chi connectivity index (χ1) is 13.5. The molecule has 3 atom stereocenters. The Bertz CT molecular complexity index is 1030. The fraction of sp³-hybridized carbons (Fsp3) is 0.286. The summed E-state index contributed by atoms with van der Waals surface area (Å²) in [6.07, 6.45) is 1.41. The molecule has 28 heavy (non-hydrogen) atoms. The molecule has 7 heteroatoms. The first-order valence-electron chi connectivity index (χ1n) is 9.24. The van der Waals surface area contributed by atoms with Crippen molar-refractivity contribution in [2.45, 2.75) is 32.9 Å². The molecule has 2 heterocycles. The molecule has 3 aromatic rings. The molecule has 0 unspecified atom stereocenters. The van der Waals surface area contributed by atoms with E-state index in [2.05, 4.69) is 20.7 Å². The van der Waals surface area contributed by atoms with E-state index in [-0.39, 0.29) is 17.8 Å². The summed E-state index contributed by atoms with van der Waals surface area (Å²) >= 11 is 0. The SMILES string of the molecule is Cc1ccc(NC(=O)[C@@H]2[C@@H](C)Nc3ncnn3[C@H]2c2ccccc2F)c(C)c1. The zero-order valence-corrected chi connectivity index (χ0v) is 16.0. The molecule has 2 N–H and O–H groups in total. The Morgan fingerprint density at radius 3 is 2.75 bits per heavy atom. The summed E-state index contributed by atoms with van der Waals surface area (Å²) < 4.78 is 16.2. The molecule has 1 aromatic heterocycles. The fourth-order valence-electron chi connectivity index (χ4n) is 3.86. The molecule has 0 saturated heterocycles. The summed E-state index contributed by atoms with van der Waals surface area (Å²) in [6.45, 7) is 5.86. The van der Waals surface area contributed by atoms with Crippen LogP contribution in [0, 0.1) is 25.6 Å². The first kappa shape index (κ1) is 18.2. The van der Waals surface area contributed by atoms with Gasteiger partial charge in [0.05, 0.1) is 12.0 Å². The van der Waals surface area contributed by atoms with Crippen molar-refractivity contribution in [2.24, 2.45) is 5.92 Å². The number of amides is 1. The molecule has 0 spiro atoms. The number of hydrogen-bond donors (Lipinski definition) is 2. The number of carbonyl (C=O) groups is 1. The highest BCUT2D eigenvalue weighted by molar-refractivity contribution is 5.94. The first-order valence-corrected chi connectivity index (χ1v) is 9.24. The van der Waals surface area contributed by atoms with Gasteiger partial charge in [-0.05, 0) is 38.5 Å². The number of benzene rings is 2. The maximum Gasteiger partial charge on any atom is 0.232 e. The Morgan fingerprint density at radius 2 is 2.00 bits per heavy atom. The smallest absolute Gasteiger partial charge is 0.232 e. The minimum atomic E-state index is -0.597. The Balaban J connectivity index is 1.75. The van der Waals surface area contributed by atoms with E-state index >= 15 is 0 Å². The van der Waals surface area contributed by atoms with Crippen LogP contribution in [0.5, 0.6) is 0 Å². The fourth-order valence-corrected chi connectivity index (χ4v) is 3.86. The van der Waals surface area contributed by atoms with Crippen LogP contribution in [0.25, 0.3) is 0 Å². The van der Waals surface area contributed by atoms with Gasteiger partial charge >= 0.3 is 0 Å². The van der Waals surface area contributed by atoms with E-state index < -0.39 is 12.0 Å². The van der Waals surface area contributed by atoms with Crippen molar-refractivity contribution in [3.63, 3.8) is 0 Å². The number of nitrogens with zero attached hydrogens (tertiary/aromatic N) is 3. The predicted molar refractivity (Wildman–Crippen MR) is 106 cm³/mol. The van der Waals surface area contributed by atoms with Gasteiger partial charge in [-0.25, -0.2) is 9.07 Å². The van der Waals surface area contributed by atoms with E-state index in [4.69, 9.17) is 0 Å². The Morgan fingerprint density at radius 1 is 1.21 bits per heavy atom. The monoisotopic (exact) mass is 379 g/mol. The van der Waals surface area contributed by atoms with E-state index in [1.807, 2.05) is 39.0 Å². The zero-order valence-electron chi connectivity index (χ0n) is 16.0. The van der Waals surface area contributed by atoms with Crippen molar-refractivity contribution in [3.8, 4) is 0 Å². The number of fused-ring (bicyclic) bond motifs is 1. The molecule has 1 aliphatic heterocycles. The van der Waals surface area contributed by atoms with Crippen LogP contribution in [0.1, 0.15) is 29.7 Å². The molecule has 0 radical (unpaired) electrons. The van der Waals surface area contributed by atoms with E-state index in [0.29, 0.717) is 11.5 Å². The van der Waals surface area contributed by atoms with Crippen molar-refractivity contribution >= 4 is 17.5 Å². The van der Waals surface area contributed by atoms with Crippen LogP contribution in [0.2, 0.25) is 0 Å². The molecule has 0 saturated carbocycles. The van der Waals surface area contributed by atoms with Gasteiger partial charge in [0.25, 0.3) is 0 Å². The summed E-state index contributed by atoms with van der Waals surface area (Å²) in [4.78, 5) is 17.5. The molecule has 0 bridgehead atoms. The lowest BCUT2D eigenvalue weighted by Gasteiger charge is -2.37. The quantitative estimate of drug-likeness (QED) is 0.728. The third-order valence-corrected chi connectivity index (χ3v) is 5.24. The molecule has 1 amide bonds. The van der Waals surface area contributed by atoms with Crippen LogP contribution in [0.4, 0.5) is 16.0 Å². The number of nitrogens with one attached hydrogen (secondary N) is 2. The highest BCUT2D eigenvalue weighted by atomic mass is 19.1. The van der Waals surface area contributed by atoms with E-state index in [9.17, 15) is 9.18 Å². The third kappa shape index (κ3) is 3.13. The summed E-state index contributed by atoms with van der Waals surface area (Å²) in [6, 6.07) is 11.5. The summed E-state index contributed by atoms with van der Waals surface area (Å²) in [7, 11) is 0. The molecular formula is C21H22FN5O. The summed E-state index contributed by atoms with van der Waals surface area (Å²) in [5, 5.41) is 10.5. The van der Waals surface area contributed by atoms with Crippen LogP contribution in [0.15, 0.2) is 48.8 Å². The van der Waals surface area contributed by atoms with E-state index in [1.165, 1.54) is 12.4 Å². The third-order valence-electron chi connectivity index (χ3n) is 5.24. The van der Waals surface area contributed by atoms with Crippen LogP contribution in [-0.4, -0.2) is 26.7 Å². The standard InChI is InChI=1S/C21H22FN5O/c1-12-8-9-17(13(2)10-12)26-20(28)18-14(3)25-21-23-11-24-27(21)19(18)15-6-4-5-7-16(15)22/h4-11,14,18-19H,1-3H3,(H,26,28)(H,23,24,25)/t14-,18-,19+/m1/s1. The Labute approximate surface area is 162 Å². The summed E-state index contributed by atoms with van der Waals surface area (Å²) in [5.74, 6) is -0.614. The number of aryl methyl sites for hydroxylation is 2. The zero-order chi connectivity index (χ0) is 19.8. The van der Waals surface area contributed by atoms with Crippen molar-refractivity contribution < 1.29 is 9.18 Å². The lowest BCUT2D eigenvalue weighted by Crippen LogP contribution is -2.47. The molecule has 1 aliphatic rings. The number of anilines is 2. The van der Waals surface area contributed by atoms with Crippen LogP contribution >= 0.6 is 0 Å². The van der Waals surface area contributed by atoms with Crippen LogP contribution < -0.4 is 10.6 Å². The number of hydrogen-bond acceptors (Lipinski definition) is 4. The van der Waals surface area contributed by atoms with Gasteiger partial charge in [-0.1, -0.05) is 35.9 Å². The van der Waals surface area contributed by atoms with Gasteiger partial charge in [0, 0.05) is 17.3 Å². The van der Waals surface area contributed by atoms with Gasteiger partial charge in [-0.2, -0.15) is 10.1 Å². The van der Waals surface area contributed by atoms with Crippen LogP contribution in [0.3, 0.4) is 0 Å². The molecule has 6 nitrogen and oxygen atoms in total. The topological polar surface area (TPSA) is 71.8 Å². The lowest BCUT2D eigenvalue weighted by molar-refractivity contribution is -0.121. The number of aromatic nitrogens is 3. The minimum Gasteiger partial charge on any atom is -0.351 e. The van der Waals surface area contributed by atoms with Gasteiger partial charge in [-0.15, -0.1) is 0 Å².